The highest BCUT2D eigenvalue weighted by atomic mass is 79.9. The van der Waals surface area contributed by atoms with Crippen molar-refractivity contribution in [2.75, 3.05) is 5.32 Å². The van der Waals surface area contributed by atoms with Crippen LogP contribution in [0.15, 0.2) is 22.7 Å². The number of imidazole rings is 1. The molecule has 108 valence electrons. The summed E-state index contributed by atoms with van der Waals surface area (Å²) in [5, 5.41) is 4.46. The summed E-state index contributed by atoms with van der Waals surface area (Å²) < 4.78 is 0.976. The van der Waals surface area contributed by atoms with Crippen LogP contribution in [0.3, 0.4) is 0 Å². The Kier molecular flexibility index (Phi) is 5.75. The number of hydrogen-bond donors (Lipinski definition) is 2. The Morgan fingerprint density at radius 1 is 1.35 bits per heavy atom. The van der Waals surface area contributed by atoms with E-state index in [2.05, 4.69) is 38.1 Å². The number of rotatable bonds is 6. The van der Waals surface area contributed by atoms with Crippen molar-refractivity contribution in [1.29, 1.82) is 0 Å². The molecule has 1 aromatic carbocycles. The first-order valence-electron chi connectivity index (χ1n) is 6.52. The number of anilines is 1. The third-order valence-corrected chi connectivity index (χ3v) is 4.06. The van der Waals surface area contributed by atoms with E-state index in [9.17, 15) is 0 Å². The van der Waals surface area contributed by atoms with Crippen LogP contribution in [-0.4, -0.2) is 9.97 Å². The van der Waals surface area contributed by atoms with E-state index in [1.54, 1.807) is 0 Å². The summed E-state index contributed by atoms with van der Waals surface area (Å²) >= 11 is 15.7. The molecule has 0 saturated heterocycles. The molecule has 0 spiro atoms. The van der Waals surface area contributed by atoms with Crippen LogP contribution in [0.2, 0.25) is 10.2 Å². The lowest BCUT2D eigenvalue weighted by Crippen LogP contribution is -2.01. The Hall–Kier alpha value is -0.710. The number of aryl methyl sites for hydroxylation is 1. The Balaban J connectivity index is 2.03. The van der Waals surface area contributed by atoms with Gasteiger partial charge in [0.2, 0.25) is 0 Å². The van der Waals surface area contributed by atoms with Gasteiger partial charge in [-0.15, -0.1) is 0 Å². The second kappa shape index (κ2) is 7.34. The molecule has 6 heteroatoms. The predicted molar refractivity (Wildman–Crippen MR) is 88.7 cm³/mol. The number of halogens is 3. The highest BCUT2D eigenvalue weighted by Crippen LogP contribution is 2.26. The summed E-state index contributed by atoms with van der Waals surface area (Å²) in [6.07, 6.45) is 3.17. The molecule has 0 fully saturated rings. The Morgan fingerprint density at radius 2 is 2.15 bits per heavy atom. The van der Waals surface area contributed by atoms with E-state index in [0.29, 0.717) is 16.7 Å². The third kappa shape index (κ3) is 4.14. The van der Waals surface area contributed by atoms with E-state index in [4.69, 9.17) is 23.2 Å². The van der Waals surface area contributed by atoms with Gasteiger partial charge in [-0.2, -0.15) is 0 Å². The predicted octanol–water partition coefficient (Wildman–Crippen LogP) is 5.43. The van der Waals surface area contributed by atoms with Gasteiger partial charge in [0.25, 0.3) is 0 Å². The zero-order chi connectivity index (χ0) is 14.5. The van der Waals surface area contributed by atoms with E-state index in [0.717, 1.165) is 40.9 Å². The summed E-state index contributed by atoms with van der Waals surface area (Å²) in [5.41, 5.74) is 1.75. The van der Waals surface area contributed by atoms with Crippen molar-refractivity contribution in [2.24, 2.45) is 0 Å². The number of hydrogen-bond acceptors (Lipinski definition) is 2. The normalized spacial score (nSPS) is 10.8. The maximum absolute atomic E-state index is 6.14. The van der Waals surface area contributed by atoms with Crippen LogP contribution in [0.5, 0.6) is 0 Å². The third-order valence-electron chi connectivity index (χ3n) is 2.93. The van der Waals surface area contributed by atoms with Gasteiger partial charge in [-0.1, -0.05) is 52.5 Å². The summed E-state index contributed by atoms with van der Waals surface area (Å²) in [6.45, 7) is 2.72. The fourth-order valence-corrected chi connectivity index (χ4v) is 2.60. The molecule has 2 aromatic rings. The largest absolute Gasteiger partial charge is 0.378 e. The number of aromatic nitrogens is 2. The molecule has 20 heavy (non-hydrogen) atoms. The number of nitrogens with one attached hydrogen (secondary N) is 2. The van der Waals surface area contributed by atoms with E-state index in [-0.39, 0.29) is 0 Å². The average molecular weight is 377 g/mol. The molecule has 1 aromatic heterocycles. The number of nitrogens with zero attached hydrogens (tertiary/aromatic N) is 1. The lowest BCUT2D eigenvalue weighted by atomic mass is 10.2. The van der Waals surface area contributed by atoms with Crippen molar-refractivity contribution in [3.05, 3.63) is 44.4 Å². The van der Waals surface area contributed by atoms with Crippen LogP contribution in [0.1, 0.15) is 31.3 Å². The van der Waals surface area contributed by atoms with Crippen LogP contribution in [0, 0.1) is 0 Å². The maximum Gasteiger partial charge on any atom is 0.152 e. The minimum Gasteiger partial charge on any atom is -0.378 e. The highest BCUT2D eigenvalue weighted by molar-refractivity contribution is 9.10. The van der Waals surface area contributed by atoms with Crippen LogP contribution in [-0.2, 0) is 13.0 Å². The lowest BCUT2D eigenvalue weighted by Gasteiger charge is -2.08. The molecule has 0 saturated carbocycles. The molecule has 3 nitrogen and oxygen atoms in total. The lowest BCUT2D eigenvalue weighted by molar-refractivity contribution is 0.760. The molecule has 0 unspecified atom stereocenters. The number of aromatic amines is 1. The summed E-state index contributed by atoms with van der Waals surface area (Å²) in [4.78, 5) is 7.59. The molecule has 0 aliphatic carbocycles. The molecular weight excluding hydrogens is 361 g/mol. The van der Waals surface area contributed by atoms with Crippen molar-refractivity contribution < 1.29 is 0 Å². The van der Waals surface area contributed by atoms with Crippen LogP contribution < -0.4 is 5.32 Å². The molecule has 0 radical (unpaired) electrons. The molecule has 0 atom stereocenters. The molecule has 2 N–H and O–H groups in total. The van der Waals surface area contributed by atoms with Gasteiger partial charge in [-0.3, -0.25) is 0 Å². The minimum atomic E-state index is 0.523. The second-order valence-electron chi connectivity index (χ2n) is 4.53. The van der Waals surface area contributed by atoms with E-state index < -0.39 is 0 Å². The quantitative estimate of drug-likeness (QED) is 0.705. The topological polar surface area (TPSA) is 40.7 Å². The van der Waals surface area contributed by atoms with E-state index >= 15 is 0 Å². The van der Waals surface area contributed by atoms with Crippen LogP contribution >= 0.6 is 39.1 Å². The van der Waals surface area contributed by atoms with Gasteiger partial charge in [0.15, 0.2) is 5.15 Å². The Morgan fingerprint density at radius 3 is 2.90 bits per heavy atom. The smallest absolute Gasteiger partial charge is 0.152 e. The van der Waals surface area contributed by atoms with Gasteiger partial charge in [0, 0.05) is 10.9 Å². The van der Waals surface area contributed by atoms with Gasteiger partial charge in [0.1, 0.15) is 5.82 Å². The van der Waals surface area contributed by atoms with Crippen LogP contribution in [0.4, 0.5) is 5.69 Å². The molecule has 0 bridgehead atoms. The van der Waals surface area contributed by atoms with Crippen molar-refractivity contribution in [3.8, 4) is 0 Å². The first kappa shape index (κ1) is 15.7. The van der Waals surface area contributed by atoms with E-state index in [1.165, 1.54) is 0 Å². The van der Waals surface area contributed by atoms with Crippen LogP contribution in [0.25, 0.3) is 0 Å². The SMILES string of the molecule is CCCCc1nc(Cl)c(CNc2cc(Br)ccc2Cl)[nH]1. The zero-order valence-electron chi connectivity index (χ0n) is 11.1. The second-order valence-corrected chi connectivity index (χ2v) is 6.22. The van der Waals surface area contributed by atoms with Gasteiger partial charge < -0.3 is 10.3 Å². The fraction of sp³-hybridized carbons (Fsp3) is 0.357. The Bertz CT molecular complexity index is 584. The monoisotopic (exact) mass is 375 g/mol. The average Bonchev–Trinajstić information content (AvgIpc) is 2.78. The van der Waals surface area contributed by atoms with Crippen molar-refractivity contribution in [3.63, 3.8) is 0 Å². The summed E-state index contributed by atoms with van der Waals surface area (Å²) in [5.74, 6) is 0.939. The molecular formula is C14H16BrCl2N3. The minimum absolute atomic E-state index is 0.523. The van der Waals surface area contributed by atoms with Gasteiger partial charge >= 0.3 is 0 Å². The summed E-state index contributed by atoms with van der Waals surface area (Å²) in [7, 11) is 0. The maximum atomic E-state index is 6.14. The van der Waals surface area contributed by atoms with E-state index in [1.807, 2.05) is 18.2 Å². The molecule has 2 rings (SSSR count). The molecule has 0 aliphatic rings. The first-order chi connectivity index (χ1) is 9.60. The van der Waals surface area contributed by atoms with Gasteiger partial charge in [-0.25, -0.2) is 4.98 Å². The fourth-order valence-electron chi connectivity index (χ4n) is 1.84. The first-order valence-corrected chi connectivity index (χ1v) is 8.07. The molecule has 0 amide bonds. The Labute approximate surface area is 137 Å². The van der Waals surface area contributed by atoms with Gasteiger partial charge in [-0.05, 0) is 24.6 Å². The van der Waals surface area contributed by atoms with Crippen molar-refractivity contribution in [2.45, 2.75) is 32.7 Å². The number of benzene rings is 1. The zero-order valence-corrected chi connectivity index (χ0v) is 14.2. The highest BCUT2D eigenvalue weighted by Gasteiger charge is 2.09. The molecule has 0 aliphatic heterocycles. The summed E-state index contributed by atoms with van der Waals surface area (Å²) in [6, 6.07) is 5.68. The standard InChI is InChI=1S/C14H16BrCl2N3/c1-2-3-4-13-19-12(14(17)20-13)8-18-11-7-9(15)5-6-10(11)16/h5-7,18H,2-4,8H2,1H3,(H,19,20). The van der Waals surface area contributed by atoms with Crippen molar-refractivity contribution >= 4 is 44.8 Å². The number of H-pyrrole nitrogens is 1. The van der Waals surface area contributed by atoms with Gasteiger partial charge in [0.05, 0.1) is 22.9 Å². The van der Waals surface area contributed by atoms with Crippen molar-refractivity contribution in [1.82, 2.24) is 9.97 Å². The number of unbranched alkanes of at least 4 members (excludes halogenated alkanes) is 1. The molecule has 1 heterocycles.